The number of thioether (sulfide) groups is 1. The highest BCUT2D eigenvalue weighted by Crippen LogP contribution is 2.20. The molecule has 2 amide bonds. The fourth-order valence-electron chi connectivity index (χ4n) is 2.98. The Balaban J connectivity index is 2.09. The molecular weight excluding hydrogens is 380 g/mol. The monoisotopic (exact) mass is 412 g/mol. The molecule has 0 heterocycles. The number of hydrogen-bond acceptors (Lipinski definition) is 3. The van der Waals surface area contributed by atoms with Gasteiger partial charge in [-0.2, -0.15) is 0 Å². The van der Waals surface area contributed by atoms with Gasteiger partial charge in [0.15, 0.2) is 0 Å². The minimum atomic E-state index is -0.538. The third-order valence-electron chi connectivity index (χ3n) is 4.43. The number of benzene rings is 2. The molecule has 0 unspecified atom stereocenters. The van der Waals surface area contributed by atoms with E-state index in [0.29, 0.717) is 18.7 Å². The fourth-order valence-corrected chi connectivity index (χ4v) is 3.84. The minimum Gasteiger partial charge on any atom is -0.350 e. The third-order valence-corrected chi connectivity index (χ3v) is 5.44. The van der Waals surface area contributed by atoms with E-state index in [-0.39, 0.29) is 17.4 Å². The highest BCUT2D eigenvalue weighted by atomic mass is 32.2. The van der Waals surface area contributed by atoms with Crippen molar-refractivity contribution in [2.24, 2.45) is 0 Å². The van der Waals surface area contributed by atoms with E-state index < -0.39 is 6.04 Å². The van der Waals surface area contributed by atoms with Crippen LogP contribution in [0.2, 0.25) is 0 Å². The zero-order valence-corrected chi connectivity index (χ0v) is 18.9. The molecule has 1 N–H and O–H groups in total. The van der Waals surface area contributed by atoms with Crippen LogP contribution in [0, 0.1) is 6.92 Å². The van der Waals surface area contributed by atoms with Crippen molar-refractivity contribution in [3.8, 4) is 0 Å². The summed E-state index contributed by atoms with van der Waals surface area (Å²) in [6.07, 6.45) is 0.387. The molecule has 0 fully saturated rings. The molecule has 5 heteroatoms. The van der Waals surface area contributed by atoms with E-state index in [0.717, 1.165) is 16.0 Å². The van der Waals surface area contributed by atoms with Crippen molar-refractivity contribution in [2.45, 2.75) is 64.1 Å². The molecule has 0 aliphatic carbocycles. The lowest BCUT2D eigenvalue weighted by Crippen LogP contribution is -2.52. The van der Waals surface area contributed by atoms with E-state index in [9.17, 15) is 9.59 Å². The number of aryl methyl sites for hydroxylation is 1. The van der Waals surface area contributed by atoms with Crippen LogP contribution in [0.15, 0.2) is 59.5 Å². The molecule has 0 radical (unpaired) electrons. The zero-order valence-electron chi connectivity index (χ0n) is 18.1. The van der Waals surface area contributed by atoms with Gasteiger partial charge in [-0.05, 0) is 52.3 Å². The van der Waals surface area contributed by atoms with Crippen molar-refractivity contribution in [3.05, 3.63) is 65.7 Å². The largest absolute Gasteiger partial charge is 0.350 e. The lowest BCUT2D eigenvalue weighted by atomic mass is 10.1. The molecule has 1 atom stereocenters. The first-order chi connectivity index (χ1) is 13.7. The summed E-state index contributed by atoms with van der Waals surface area (Å²) in [5, 5.41) is 3.00. The summed E-state index contributed by atoms with van der Waals surface area (Å²) in [7, 11) is 0. The van der Waals surface area contributed by atoms with E-state index in [1.165, 1.54) is 0 Å². The van der Waals surface area contributed by atoms with E-state index in [2.05, 4.69) is 11.4 Å². The lowest BCUT2D eigenvalue weighted by molar-refractivity contribution is -0.140. The smallest absolute Gasteiger partial charge is 0.242 e. The Bertz CT molecular complexity index is 815. The van der Waals surface area contributed by atoms with Crippen LogP contribution in [-0.2, 0) is 16.1 Å². The first kappa shape index (κ1) is 23.0. The van der Waals surface area contributed by atoms with Crippen molar-refractivity contribution in [1.82, 2.24) is 10.2 Å². The van der Waals surface area contributed by atoms with Gasteiger partial charge in [-0.3, -0.25) is 9.59 Å². The van der Waals surface area contributed by atoms with Gasteiger partial charge in [0, 0.05) is 29.2 Å². The number of carbonyl (C=O) groups excluding carboxylic acids is 2. The summed E-state index contributed by atoms with van der Waals surface area (Å²) in [5.41, 5.74) is 1.83. The topological polar surface area (TPSA) is 49.4 Å². The van der Waals surface area contributed by atoms with Gasteiger partial charge >= 0.3 is 0 Å². The summed E-state index contributed by atoms with van der Waals surface area (Å²) in [6, 6.07) is 17.6. The molecule has 29 heavy (non-hydrogen) atoms. The number of nitrogens with zero attached hydrogens (tertiary/aromatic N) is 1. The Morgan fingerprint density at radius 3 is 2.38 bits per heavy atom. The minimum absolute atomic E-state index is 0.00787. The SMILES string of the molecule is Cc1cccc(CN(C(=O)CCSc2ccccc2)[C@H](C)C(=O)NC(C)(C)C)c1. The van der Waals surface area contributed by atoms with E-state index in [4.69, 9.17) is 0 Å². The predicted molar refractivity (Wildman–Crippen MR) is 121 cm³/mol. The van der Waals surface area contributed by atoms with Gasteiger partial charge in [-0.1, -0.05) is 48.0 Å². The molecule has 0 bridgehead atoms. The Morgan fingerprint density at radius 2 is 1.76 bits per heavy atom. The highest BCUT2D eigenvalue weighted by molar-refractivity contribution is 7.99. The average molecular weight is 413 g/mol. The number of hydrogen-bond donors (Lipinski definition) is 1. The first-order valence-electron chi connectivity index (χ1n) is 10.0. The number of rotatable bonds is 8. The second-order valence-electron chi connectivity index (χ2n) is 8.34. The maximum Gasteiger partial charge on any atom is 0.242 e. The van der Waals surface area contributed by atoms with Crippen LogP contribution < -0.4 is 5.32 Å². The molecule has 0 aliphatic rings. The van der Waals surface area contributed by atoms with Gasteiger partial charge in [0.25, 0.3) is 0 Å². The number of nitrogens with one attached hydrogen (secondary N) is 1. The van der Waals surface area contributed by atoms with Crippen LogP contribution in [0.5, 0.6) is 0 Å². The summed E-state index contributed by atoms with van der Waals surface area (Å²) in [4.78, 5) is 28.7. The Morgan fingerprint density at radius 1 is 1.07 bits per heavy atom. The second kappa shape index (κ2) is 10.5. The quantitative estimate of drug-likeness (QED) is 0.633. The molecule has 0 spiro atoms. The Hall–Kier alpha value is -2.27. The lowest BCUT2D eigenvalue weighted by Gasteiger charge is -2.31. The first-order valence-corrected chi connectivity index (χ1v) is 11.0. The summed E-state index contributed by atoms with van der Waals surface area (Å²) < 4.78 is 0. The standard InChI is InChI=1S/C24H32N2O2S/c1-18-10-9-11-20(16-18)17-26(19(2)23(28)25-24(3,4)5)22(27)14-15-29-21-12-7-6-8-13-21/h6-13,16,19H,14-15,17H2,1-5H3,(H,25,28)/t19-/m1/s1. The van der Waals surface area contributed by atoms with Crippen molar-refractivity contribution >= 4 is 23.6 Å². The van der Waals surface area contributed by atoms with Gasteiger partial charge in [0.1, 0.15) is 6.04 Å². The van der Waals surface area contributed by atoms with Crippen LogP contribution >= 0.6 is 11.8 Å². The number of carbonyl (C=O) groups is 2. The molecule has 0 aliphatic heterocycles. The van der Waals surface area contributed by atoms with Gasteiger partial charge in [0.2, 0.25) is 11.8 Å². The molecule has 0 saturated heterocycles. The molecular formula is C24H32N2O2S. The van der Waals surface area contributed by atoms with Crippen molar-refractivity contribution < 1.29 is 9.59 Å². The summed E-state index contributed by atoms with van der Waals surface area (Å²) in [5.74, 6) is 0.543. The van der Waals surface area contributed by atoms with Gasteiger partial charge in [0.05, 0.1) is 0 Å². The molecule has 2 rings (SSSR count). The Kier molecular flexibility index (Phi) is 8.32. The van der Waals surface area contributed by atoms with Crippen LogP contribution in [0.3, 0.4) is 0 Å². The van der Waals surface area contributed by atoms with E-state index in [1.807, 2.05) is 76.2 Å². The van der Waals surface area contributed by atoms with Crippen molar-refractivity contribution in [3.63, 3.8) is 0 Å². The fraction of sp³-hybridized carbons (Fsp3) is 0.417. The van der Waals surface area contributed by atoms with Crippen LogP contribution in [0.25, 0.3) is 0 Å². The third kappa shape index (κ3) is 7.94. The molecule has 156 valence electrons. The van der Waals surface area contributed by atoms with Crippen LogP contribution in [-0.4, -0.2) is 34.0 Å². The maximum absolute atomic E-state index is 13.1. The summed E-state index contributed by atoms with van der Waals surface area (Å²) in [6.45, 7) is 10.1. The normalized spacial score (nSPS) is 12.3. The molecule has 0 aromatic heterocycles. The average Bonchev–Trinajstić information content (AvgIpc) is 2.65. The van der Waals surface area contributed by atoms with Crippen molar-refractivity contribution in [1.29, 1.82) is 0 Å². The van der Waals surface area contributed by atoms with E-state index >= 15 is 0 Å². The van der Waals surface area contributed by atoms with Gasteiger partial charge in [-0.25, -0.2) is 0 Å². The van der Waals surface area contributed by atoms with Gasteiger partial charge in [-0.15, -0.1) is 11.8 Å². The molecule has 2 aromatic carbocycles. The van der Waals surface area contributed by atoms with Crippen LogP contribution in [0.4, 0.5) is 0 Å². The maximum atomic E-state index is 13.1. The van der Waals surface area contributed by atoms with Crippen LogP contribution in [0.1, 0.15) is 45.2 Å². The highest BCUT2D eigenvalue weighted by Gasteiger charge is 2.28. The second-order valence-corrected chi connectivity index (χ2v) is 9.51. The van der Waals surface area contributed by atoms with Crippen molar-refractivity contribution in [2.75, 3.05) is 5.75 Å². The molecule has 4 nitrogen and oxygen atoms in total. The van der Waals surface area contributed by atoms with Gasteiger partial charge < -0.3 is 10.2 Å². The molecule has 0 saturated carbocycles. The molecule has 2 aromatic rings. The predicted octanol–water partition coefficient (Wildman–Crippen LogP) is 4.81. The van der Waals surface area contributed by atoms with E-state index in [1.54, 1.807) is 23.6 Å². The number of amides is 2. The summed E-state index contributed by atoms with van der Waals surface area (Å²) >= 11 is 1.66. The Labute approximate surface area is 179 Å². The zero-order chi connectivity index (χ0) is 21.4.